The van der Waals surface area contributed by atoms with Gasteiger partial charge in [0.05, 0.1) is 19.0 Å². The highest BCUT2D eigenvalue weighted by Gasteiger charge is 2.24. The van der Waals surface area contributed by atoms with Crippen LogP contribution in [0.3, 0.4) is 0 Å². The molecule has 32 heavy (non-hydrogen) atoms. The second kappa shape index (κ2) is 10.1. The Bertz CT molecular complexity index is 1130. The van der Waals surface area contributed by atoms with Crippen molar-refractivity contribution in [2.45, 2.75) is 25.3 Å². The Balaban J connectivity index is 1.28. The van der Waals surface area contributed by atoms with Crippen molar-refractivity contribution < 1.29 is 14.3 Å². The van der Waals surface area contributed by atoms with Gasteiger partial charge in [-0.05, 0) is 31.1 Å². The van der Waals surface area contributed by atoms with Crippen molar-refractivity contribution in [1.29, 1.82) is 0 Å². The monoisotopic (exact) mass is 429 g/mol. The van der Waals surface area contributed by atoms with Gasteiger partial charge in [-0.1, -0.05) is 42.5 Å². The van der Waals surface area contributed by atoms with E-state index in [2.05, 4.69) is 10.3 Å². The van der Waals surface area contributed by atoms with Gasteiger partial charge in [-0.15, -0.1) is 0 Å². The quantitative estimate of drug-likeness (QED) is 0.608. The molecule has 1 fully saturated rings. The zero-order valence-corrected chi connectivity index (χ0v) is 18.2. The maximum atomic E-state index is 12.7. The van der Waals surface area contributed by atoms with Crippen molar-refractivity contribution in [2.24, 2.45) is 0 Å². The van der Waals surface area contributed by atoms with E-state index in [1.165, 1.54) is 0 Å². The highest BCUT2D eigenvalue weighted by Crippen LogP contribution is 2.20. The van der Waals surface area contributed by atoms with Gasteiger partial charge in [0.15, 0.2) is 0 Å². The third-order valence-electron chi connectivity index (χ3n) is 5.81. The van der Waals surface area contributed by atoms with E-state index in [-0.39, 0.29) is 17.9 Å². The van der Waals surface area contributed by atoms with E-state index >= 15 is 0 Å². The SMILES string of the molecule is COc1ccccc1CC(=O)N1CCC(NC(=O)/C=C/c2cccc3cccnc23)CC1. The smallest absolute Gasteiger partial charge is 0.244 e. The number of carbonyl (C=O) groups is 2. The molecule has 1 aliphatic heterocycles. The van der Waals surface area contributed by atoms with Crippen LogP contribution < -0.4 is 10.1 Å². The molecule has 1 aliphatic rings. The topological polar surface area (TPSA) is 71.5 Å². The largest absolute Gasteiger partial charge is 0.496 e. The number of nitrogens with one attached hydrogen (secondary N) is 1. The van der Waals surface area contributed by atoms with Gasteiger partial charge in [-0.2, -0.15) is 0 Å². The molecule has 2 aromatic carbocycles. The minimum absolute atomic E-state index is 0.0631. The fourth-order valence-electron chi connectivity index (χ4n) is 4.07. The molecule has 6 nitrogen and oxygen atoms in total. The number of rotatable bonds is 6. The summed E-state index contributed by atoms with van der Waals surface area (Å²) in [5.41, 5.74) is 2.68. The lowest BCUT2D eigenvalue weighted by molar-refractivity contribution is -0.131. The summed E-state index contributed by atoms with van der Waals surface area (Å²) >= 11 is 0. The van der Waals surface area contributed by atoms with Crippen LogP contribution in [0.25, 0.3) is 17.0 Å². The summed E-state index contributed by atoms with van der Waals surface area (Å²) in [6, 6.07) is 17.5. The molecule has 0 spiro atoms. The number of para-hydroxylation sites is 2. The van der Waals surface area contributed by atoms with Gasteiger partial charge >= 0.3 is 0 Å². The number of amides is 2. The van der Waals surface area contributed by atoms with Crippen LogP contribution in [0.15, 0.2) is 66.9 Å². The zero-order valence-electron chi connectivity index (χ0n) is 18.2. The molecule has 0 aliphatic carbocycles. The van der Waals surface area contributed by atoms with E-state index in [1.807, 2.05) is 59.5 Å². The van der Waals surface area contributed by atoms with Gasteiger partial charge in [0.25, 0.3) is 0 Å². The van der Waals surface area contributed by atoms with Crippen LogP contribution in [-0.4, -0.2) is 47.9 Å². The van der Waals surface area contributed by atoms with Gasteiger partial charge in [-0.25, -0.2) is 0 Å². The Morgan fingerprint density at radius 3 is 2.69 bits per heavy atom. The summed E-state index contributed by atoms with van der Waals surface area (Å²) < 4.78 is 5.34. The molecule has 0 saturated carbocycles. The Labute approximate surface area is 187 Å². The lowest BCUT2D eigenvalue weighted by atomic mass is 10.0. The van der Waals surface area contributed by atoms with Crippen molar-refractivity contribution in [2.75, 3.05) is 20.2 Å². The average Bonchev–Trinajstić information content (AvgIpc) is 2.83. The molecule has 2 heterocycles. The molecule has 3 aromatic rings. The molecule has 6 heteroatoms. The second-order valence-electron chi connectivity index (χ2n) is 7.91. The van der Waals surface area contributed by atoms with Gasteiger partial charge in [0.2, 0.25) is 11.8 Å². The molecule has 0 unspecified atom stereocenters. The average molecular weight is 430 g/mol. The fourth-order valence-corrected chi connectivity index (χ4v) is 4.07. The Morgan fingerprint density at radius 1 is 1.09 bits per heavy atom. The van der Waals surface area contributed by atoms with Crippen LogP contribution in [0.2, 0.25) is 0 Å². The number of likely N-dealkylation sites (tertiary alicyclic amines) is 1. The third kappa shape index (κ3) is 5.14. The van der Waals surface area contributed by atoms with Crippen LogP contribution >= 0.6 is 0 Å². The summed E-state index contributed by atoms with van der Waals surface area (Å²) in [6.45, 7) is 1.27. The maximum Gasteiger partial charge on any atom is 0.244 e. The van der Waals surface area contributed by atoms with Gasteiger partial charge in [-0.3, -0.25) is 14.6 Å². The van der Waals surface area contributed by atoms with Crippen LogP contribution in [0.5, 0.6) is 5.75 Å². The van der Waals surface area contributed by atoms with Crippen molar-refractivity contribution in [1.82, 2.24) is 15.2 Å². The number of piperidine rings is 1. The van der Waals surface area contributed by atoms with Crippen LogP contribution in [0, 0.1) is 0 Å². The molecule has 0 radical (unpaired) electrons. The van der Waals surface area contributed by atoms with Gasteiger partial charge in [0.1, 0.15) is 5.75 Å². The van der Waals surface area contributed by atoms with Crippen molar-refractivity contribution in [3.8, 4) is 5.75 Å². The molecular weight excluding hydrogens is 402 g/mol. The highest BCUT2D eigenvalue weighted by molar-refractivity contribution is 5.95. The molecule has 0 bridgehead atoms. The predicted octanol–water partition coefficient (Wildman–Crippen LogP) is 3.61. The summed E-state index contributed by atoms with van der Waals surface area (Å²) in [7, 11) is 1.61. The van der Waals surface area contributed by atoms with E-state index in [0.29, 0.717) is 19.5 Å². The molecule has 0 atom stereocenters. The van der Waals surface area contributed by atoms with Crippen LogP contribution in [0.4, 0.5) is 0 Å². The first-order chi connectivity index (χ1) is 15.6. The molecule has 1 N–H and O–H groups in total. The minimum atomic E-state index is -0.128. The molecule has 4 rings (SSSR count). The first-order valence-corrected chi connectivity index (χ1v) is 10.9. The Morgan fingerprint density at radius 2 is 1.88 bits per heavy atom. The van der Waals surface area contributed by atoms with E-state index in [9.17, 15) is 9.59 Å². The first-order valence-electron chi connectivity index (χ1n) is 10.9. The number of fused-ring (bicyclic) bond motifs is 1. The molecule has 164 valence electrons. The maximum absolute atomic E-state index is 12.7. The molecule has 1 aromatic heterocycles. The lowest BCUT2D eigenvalue weighted by Gasteiger charge is -2.32. The van der Waals surface area contributed by atoms with Crippen LogP contribution in [-0.2, 0) is 16.0 Å². The summed E-state index contributed by atoms with van der Waals surface area (Å²) in [5.74, 6) is 0.690. The number of methoxy groups -OCH3 is 1. The molecule has 1 saturated heterocycles. The first kappa shape index (κ1) is 21.6. The Hall–Kier alpha value is -3.67. The predicted molar refractivity (Wildman–Crippen MR) is 125 cm³/mol. The normalized spacial score (nSPS) is 14.6. The number of aromatic nitrogens is 1. The number of hydrogen-bond donors (Lipinski definition) is 1. The van der Waals surface area contributed by atoms with Crippen LogP contribution in [0.1, 0.15) is 24.0 Å². The minimum Gasteiger partial charge on any atom is -0.496 e. The number of carbonyl (C=O) groups excluding carboxylic acids is 2. The zero-order chi connectivity index (χ0) is 22.3. The lowest BCUT2D eigenvalue weighted by Crippen LogP contribution is -2.46. The summed E-state index contributed by atoms with van der Waals surface area (Å²) in [5, 5.41) is 4.10. The number of benzene rings is 2. The standard InChI is InChI=1S/C26H27N3O3/c1-32-23-10-3-2-6-21(23)18-25(31)29-16-13-22(14-17-29)28-24(30)12-11-20-8-4-7-19-9-5-15-27-26(19)20/h2-12,15,22H,13-14,16-18H2,1H3,(H,28,30)/b12-11+. The highest BCUT2D eigenvalue weighted by atomic mass is 16.5. The van der Waals surface area contributed by atoms with E-state index in [1.54, 1.807) is 25.5 Å². The van der Waals surface area contributed by atoms with Crippen molar-refractivity contribution in [3.05, 3.63) is 78.0 Å². The van der Waals surface area contributed by atoms with Crippen molar-refractivity contribution >= 4 is 28.8 Å². The summed E-state index contributed by atoms with van der Waals surface area (Å²) in [6.07, 6.45) is 6.92. The van der Waals surface area contributed by atoms with E-state index in [4.69, 9.17) is 4.74 Å². The fraction of sp³-hybridized carbons (Fsp3) is 0.269. The number of hydrogen-bond acceptors (Lipinski definition) is 4. The van der Waals surface area contributed by atoms with E-state index in [0.717, 1.165) is 40.6 Å². The third-order valence-corrected chi connectivity index (χ3v) is 5.81. The number of nitrogens with zero attached hydrogens (tertiary/aromatic N) is 2. The van der Waals surface area contributed by atoms with Gasteiger partial charge in [0, 0.05) is 47.9 Å². The molecule has 2 amide bonds. The second-order valence-corrected chi connectivity index (χ2v) is 7.91. The molecular formula is C26H27N3O3. The number of pyridine rings is 1. The van der Waals surface area contributed by atoms with E-state index < -0.39 is 0 Å². The number of ether oxygens (including phenoxy) is 1. The Kier molecular flexibility index (Phi) is 6.80. The van der Waals surface area contributed by atoms with Gasteiger partial charge < -0.3 is 15.0 Å². The van der Waals surface area contributed by atoms with Crippen molar-refractivity contribution in [3.63, 3.8) is 0 Å². The summed E-state index contributed by atoms with van der Waals surface area (Å²) in [4.78, 5) is 31.4.